The summed E-state index contributed by atoms with van der Waals surface area (Å²) in [6.07, 6.45) is 8.41. The third-order valence-corrected chi connectivity index (χ3v) is 3.30. The lowest BCUT2D eigenvalue weighted by atomic mass is 9.83. The van der Waals surface area contributed by atoms with E-state index in [1.807, 2.05) is 0 Å². The van der Waals surface area contributed by atoms with Gasteiger partial charge in [0.25, 0.3) is 0 Å². The molecule has 0 aliphatic heterocycles. The Morgan fingerprint density at radius 1 is 1.56 bits per heavy atom. The predicted octanol–water partition coefficient (Wildman–Crippen LogP) is 4.29. The molecule has 0 amide bonds. The van der Waals surface area contributed by atoms with Crippen LogP contribution in [0, 0.1) is 11.8 Å². The Hall–Kier alpha value is -0.850. The third-order valence-electron chi connectivity index (χ3n) is 3.30. The maximum Gasteiger partial charge on any atom is 0.158 e. The molecule has 1 aliphatic rings. The van der Waals surface area contributed by atoms with Gasteiger partial charge in [0.05, 0.1) is 0 Å². The van der Waals surface area contributed by atoms with Crippen molar-refractivity contribution >= 4 is 5.78 Å². The summed E-state index contributed by atoms with van der Waals surface area (Å²) in [5.74, 6) is 1.38. The highest BCUT2D eigenvalue weighted by molar-refractivity contribution is 5.96. The van der Waals surface area contributed by atoms with Crippen LogP contribution in [0.5, 0.6) is 0 Å². The molecule has 1 nitrogen and oxygen atoms in total. The van der Waals surface area contributed by atoms with Crippen LogP contribution in [-0.2, 0) is 4.79 Å². The highest BCUT2D eigenvalue weighted by atomic mass is 16.1. The van der Waals surface area contributed by atoms with Crippen LogP contribution in [0.3, 0.4) is 0 Å². The Kier molecular flexibility index (Phi) is 4.98. The molecule has 0 bridgehead atoms. The van der Waals surface area contributed by atoms with Gasteiger partial charge in [-0.15, -0.1) is 0 Å². The molecule has 0 fully saturated rings. The van der Waals surface area contributed by atoms with Crippen molar-refractivity contribution in [2.75, 3.05) is 0 Å². The Morgan fingerprint density at radius 3 is 2.88 bits per heavy atom. The van der Waals surface area contributed by atoms with E-state index in [-0.39, 0.29) is 0 Å². The first-order valence-corrected chi connectivity index (χ1v) is 6.39. The van der Waals surface area contributed by atoms with Gasteiger partial charge in [-0.1, -0.05) is 31.6 Å². The van der Waals surface area contributed by atoms with Crippen molar-refractivity contribution in [2.24, 2.45) is 11.8 Å². The highest BCUT2D eigenvalue weighted by Gasteiger charge is 2.21. The fraction of sp³-hybridized carbons (Fsp3) is 0.667. The van der Waals surface area contributed by atoms with E-state index in [2.05, 4.69) is 39.8 Å². The zero-order valence-electron chi connectivity index (χ0n) is 11.0. The largest absolute Gasteiger partial charge is 0.295 e. The molecule has 90 valence electrons. The van der Waals surface area contributed by atoms with Crippen LogP contribution in [-0.4, -0.2) is 5.78 Å². The topological polar surface area (TPSA) is 17.1 Å². The summed E-state index contributed by atoms with van der Waals surface area (Å²) >= 11 is 0. The van der Waals surface area contributed by atoms with Crippen molar-refractivity contribution in [3.05, 3.63) is 23.3 Å². The Labute approximate surface area is 99.6 Å². The van der Waals surface area contributed by atoms with Gasteiger partial charge in [-0.2, -0.15) is 0 Å². The molecule has 0 N–H and O–H groups in total. The molecular weight excluding hydrogens is 196 g/mol. The molecule has 16 heavy (non-hydrogen) atoms. The van der Waals surface area contributed by atoms with Crippen LogP contribution in [0.4, 0.5) is 0 Å². The van der Waals surface area contributed by atoms with Crippen LogP contribution >= 0.6 is 0 Å². The van der Waals surface area contributed by atoms with Crippen LogP contribution in [0.25, 0.3) is 0 Å². The number of hydrogen-bond acceptors (Lipinski definition) is 1. The molecule has 0 aromatic heterocycles. The Balaban J connectivity index is 2.55. The van der Waals surface area contributed by atoms with Gasteiger partial charge in [0.2, 0.25) is 0 Å². The van der Waals surface area contributed by atoms with Gasteiger partial charge < -0.3 is 0 Å². The van der Waals surface area contributed by atoms with E-state index in [1.165, 1.54) is 5.57 Å². The fourth-order valence-electron chi connectivity index (χ4n) is 2.20. The first-order valence-electron chi connectivity index (χ1n) is 6.39. The summed E-state index contributed by atoms with van der Waals surface area (Å²) in [7, 11) is 0. The quantitative estimate of drug-likeness (QED) is 0.646. The molecule has 0 radical (unpaired) electrons. The summed E-state index contributed by atoms with van der Waals surface area (Å²) in [6.45, 7) is 8.63. The Morgan fingerprint density at radius 2 is 2.25 bits per heavy atom. The normalized spacial score (nSPS) is 22.6. The summed E-state index contributed by atoms with van der Waals surface area (Å²) in [5.41, 5.74) is 2.45. The van der Waals surface area contributed by atoms with Gasteiger partial charge in [0.1, 0.15) is 0 Å². The van der Waals surface area contributed by atoms with Crippen molar-refractivity contribution < 1.29 is 4.79 Å². The second kappa shape index (κ2) is 6.03. The Bertz CT molecular complexity index is 305. The van der Waals surface area contributed by atoms with Crippen LogP contribution in [0.1, 0.15) is 53.4 Å². The van der Waals surface area contributed by atoms with Gasteiger partial charge in [-0.05, 0) is 50.5 Å². The SMILES string of the molecule is CC(C)=CCC[C@H](C)C1=CC(C)CCC1=O. The van der Waals surface area contributed by atoms with E-state index in [1.54, 1.807) is 0 Å². The molecule has 1 aliphatic carbocycles. The summed E-state index contributed by atoms with van der Waals surface area (Å²) in [5, 5.41) is 0. The lowest BCUT2D eigenvalue weighted by Gasteiger charge is -2.21. The fourth-order valence-corrected chi connectivity index (χ4v) is 2.20. The lowest BCUT2D eigenvalue weighted by molar-refractivity contribution is -0.116. The van der Waals surface area contributed by atoms with Crippen molar-refractivity contribution in [3.63, 3.8) is 0 Å². The van der Waals surface area contributed by atoms with E-state index < -0.39 is 0 Å². The summed E-state index contributed by atoms with van der Waals surface area (Å²) in [4.78, 5) is 11.8. The standard InChI is InChI=1S/C15H24O/c1-11(2)6-5-7-13(4)14-10-12(3)8-9-15(14)16/h6,10,12-13H,5,7-9H2,1-4H3/t12?,13-/m0/s1. The number of Topliss-reactive ketones (excluding diaryl/α,β-unsaturated/α-hetero) is 1. The van der Waals surface area contributed by atoms with Crippen molar-refractivity contribution in [3.8, 4) is 0 Å². The zero-order valence-corrected chi connectivity index (χ0v) is 11.0. The molecule has 0 spiro atoms. The number of carbonyl (C=O) groups excluding carboxylic acids is 1. The van der Waals surface area contributed by atoms with Crippen LogP contribution in [0.2, 0.25) is 0 Å². The van der Waals surface area contributed by atoms with E-state index in [4.69, 9.17) is 0 Å². The van der Waals surface area contributed by atoms with Gasteiger partial charge in [0.15, 0.2) is 5.78 Å². The minimum Gasteiger partial charge on any atom is -0.295 e. The number of carbonyl (C=O) groups is 1. The average molecular weight is 220 g/mol. The highest BCUT2D eigenvalue weighted by Crippen LogP contribution is 2.27. The van der Waals surface area contributed by atoms with Crippen molar-refractivity contribution in [1.82, 2.24) is 0 Å². The monoisotopic (exact) mass is 220 g/mol. The van der Waals surface area contributed by atoms with E-state index in [0.29, 0.717) is 17.6 Å². The van der Waals surface area contributed by atoms with Crippen molar-refractivity contribution in [1.29, 1.82) is 0 Å². The molecule has 0 aromatic rings. The maximum atomic E-state index is 11.8. The molecule has 1 unspecified atom stereocenters. The van der Waals surface area contributed by atoms with Crippen molar-refractivity contribution in [2.45, 2.75) is 53.4 Å². The van der Waals surface area contributed by atoms with E-state index in [9.17, 15) is 4.79 Å². The smallest absolute Gasteiger partial charge is 0.158 e. The molecule has 2 atom stereocenters. The third kappa shape index (κ3) is 3.96. The first kappa shape index (κ1) is 13.2. The van der Waals surface area contributed by atoms with E-state index in [0.717, 1.165) is 31.3 Å². The predicted molar refractivity (Wildman–Crippen MR) is 69.3 cm³/mol. The number of allylic oxidation sites excluding steroid dienone is 4. The maximum absolute atomic E-state index is 11.8. The molecule has 1 rings (SSSR count). The molecule has 1 heteroatoms. The summed E-state index contributed by atoms with van der Waals surface area (Å²) < 4.78 is 0. The first-order chi connectivity index (χ1) is 7.50. The average Bonchev–Trinajstić information content (AvgIpc) is 2.21. The van der Waals surface area contributed by atoms with Crippen LogP contribution < -0.4 is 0 Å². The molecule has 0 heterocycles. The second-order valence-corrected chi connectivity index (χ2v) is 5.32. The van der Waals surface area contributed by atoms with Crippen LogP contribution in [0.15, 0.2) is 23.3 Å². The van der Waals surface area contributed by atoms with Gasteiger partial charge in [-0.25, -0.2) is 0 Å². The van der Waals surface area contributed by atoms with Gasteiger partial charge >= 0.3 is 0 Å². The van der Waals surface area contributed by atoms with Gasteiger partial charge in [0, 0.05) is 6.42 Å². The molecule has 0 aromatic carbocycles. The molecular formula is C15H24O. The summed E-state index contributed by atoms with van der Waals surface area (Å²) in [6, 6.07) is 0. The second-order valence-electron chi connectivity index (χ2n) is 5.32. The minimum absolute atomic E-state index is 0.378. The zero-order chi connectivity index (χ0) is 12.1. The number of rotatable bonds is 4. The minimum atomic E-state index is 0.378. The van der Waals surface area contributed by atoms with Gasteiger partial charge in [-0.3, -0.25) is 4.79 Å². The number of hydrogen-bond donors (Lipinski definition) is 0. The number of ketones is 1. The molecule has 0 saturated heterocycles. The molecule has 0 saturated carbocycles. The lowest BCUT2D eigenvalue weighted by Crippen LogP contribution is -2.17. The van der Waals surface area contributed by atoms with E-state index >= 15 is 0 Å².